The number of rotatable bonds is 2. The first-order valence-corrected chi connectivity index (χ1v) is 6.03. The monoisotopic (exact) mass is 306 g/mol. The van der Waals surface area contributed by atoms with Crippen molar-refractivity contribution in [3.8, 4) is 0 Å². The number of nitrogens with one attached hydrogen (secondary N) is 1. The van der Waals surface area contributed by atoms with E-state index < -0.39 is 0 Å². The van der Waals surface area contributed by atoms with Gasteiger partial charge in [0, 0.05) is 16.1 Å². The fraction of sp³-hybridized carbons (Fsp3) is 0. The van der Waals surface area contributed by atoms with E-state index in [1.54, 1.807) is 6.07 Å². The highest BCUT2D eigenvalue weighted by molar-refractivity contribution is 9.10. The number of aromatic nitrogens is 1. The van der Waals surface area contributed by atoms with Crippen LogP contribution in [-0.4, -0.2) is 4.98 Å². The number of nitrogens with zero attached hydrogens (tertiary/aromatic N) is 1. The number of anilines is 2. The van der Waals surface area contributed by atoms with Gasteiger partial charge in [0.2, 0.25) is 0 Å². The Bertz CT molecular complexity index is 468. The van der Waals surface area contributed by atoms with Gasteiger partial charge in [0.25, 0.3) is 0 Å². The molecular weight excluding hydrogens is 303 g/mol. The lowest BCUT2D eigenvalue weighted by molar-refractivity contribution is 0.628. The van der Waals surface area contributed by atoms with Crippen LogP contribution < -0.4 is 5.32 Å². The van der Waals surface area contributed by atoms with Crippen LogP contribution in [0.1, 0.15) is 0 Å². The van der Waals surface area contributed by atoms with Gasteiger partial charge in [0.05, 0.1) is 0 Å². The molecule has 1 N–H and O–H groups in total. The summed E-state index contributed by atoms with van der Waals surface area (Å²) in [6.07, 6.45) is 0. The first-order valence-electron chi connectivity index (χ1n) is 3.97. The van der Waals surface area contributed by atoms with Crippen molar-refractivity contribution in [2.45, 2.75) is 0 Å². The fourth-order valence-corrected chi connectivity index (χ4v) is 2.45. The number of halogens is 3. The highest BCUT2D eigenvalue weighted by Gasteiger charge is 2.02. The average Bonchev–Trinajstić information content (AvgIpc) is 2.49. The molecule has 1 heterocycles. The molecule has 0 amide bonds. The largest absolute Gasteiger partial charge is 0.331 e. The molecule has 0 radical (unpaired) electrons. The van der Waals surface area contributed by atoms with Crippen LogP contribution in [0.2, 0.25) is 5.02 Å². The third-order valence-corrected chi connectivity index (χ3v) is 3.28. The van der Waals surface area contributed by atoms with Gasteiger partial charge in [-0.05, 0) is 34.1 Å². The van der Waals surface area contributed by atoms with E-state index >= 15 is 0 Å². The van der Waals surface area contributed by atoms with Crippen LogP contribution in [-0.2, 0) is 0 Å². The molecule has 2 aromatic rings. The SMILES string of the molecule is Fc1cc(Cl)cc(Nc2nc(Br)cs2)c1. The van der Waals surface area contributed by atoms with Crippen LogP contribution in [0.5, 0.6) is 0 Å². The zero-order chi connectivity index (χ0) is 10.8. The summed E-state index contributed by atoms with van der Waals surface area (Å²) >= 11 is 10.4. The zero-order valence-corrected chi connectivity index (χ0v) is 10.5. The molecule has 1 aromatic carbocycles. The molecule has 0 saturated carbocycles. The summed E-state index contributed by atoms with van der Waals surface area (Å²) in [6, 6.07) is 4.26. The van der Waals surface area contributed by atoms with Gasteiger partial charge < -0.3 is 5.32 Å². The summed E-state index contributed by atoms with van der Waals surface area (Å²) in [6.45, 7) is 0. The minimum atomic E-state index is -0.374. The van der Waals surface area contributed by atoms with Gasteiger partial charge in [-0.2, -0.15) is 0 Å². The fourth-order valence-electron chi connectivity index (χ4n) is 1.06. The second-order valence-corrected chi connectivity index (χ2v) is 4.87. The summed E-state index contributed by atoms with van der Waals surface area (Å²) < 4.78 is 13.7. The van der Waals surface area contributed by atoms with Crippen molar-refractivity contribution in [1.29, 1.82) is 0 Å². The second-order valence-electron chi connectivity index (χ2n) is 2.76. The Labute approximate surface area is 103 Å². The standard InChI is InChI=1S/C9H5BrClFN2S/c10-8-4-15-9(14-8)13-7-2-5(11)1-6(12)3-7/h1-4H,(H,13,14). The normalized spacial score (nSPS) is 10.3. The van der Waals surface area contributed by atoms with E-state index in [1.165, 1.54) is 23.5 Å². The number of hydrogen-bond donors (Lipinski definition) is 1. The Morgan fingerprint density at radius 1 is 1.40 bits per heavy atom. The summed E-state index contributed by atoms with van der Waals surface area (Å²) in [7, 11) is 0. The van der Waals surface area contributed by atoms with Crippen LogP contribution in [0.4, 0.5) is 15.2 Å². The van der Waals surface area contributed by atoms with Crippen molar-refractivity contribution < 1.29 is 4.39 Å². The van der Waals surface area contributed by atoms with Crippen molar-refractivity contribution in [2.24, 2.45) is 0 Å². The lowest BCUT2D eigenvalue weighted by atomic mass is 10.3. The van der Waals surface area contributed by atoms with Gasteiger partial charge in [0.15, 0.2) is 5.13 Å². The average molecular weight is 308 g/mol. The predicted octanol–water partition coefficient (Wildman–Crippen LogP) is 4.44. The molecule has 0 atom stereocenters. The van der Waals surface area contributed by atoms with Crippen molar-refractivity contribution in [2.75, 3.05) is 5.32 Å². The van der Waals surface area contributed by atoms with E-state index in [1.807, 2.05) is 5.38 Å². The third kappa shape index (κ3) is 2.90. The van der Waals surface area contributed by atoms with Crippen LogP contribution in [0.25, 0.3) is 0 Å². The molecule has 0 spiro atoms. The van der Waals surface area contributed by atoms with Crippen molar-refractivity contribution in [3.05, 3.63) is 39.0 Å². The molecule has 15 heavy (non-hydrogen) atoms. The van der Waals surface area contributed by atoms with Crippen molar-refractivity contribution in [3.63, 3.8) is 0 Å². The lowest BCUT2D eigenvalue weighted by Gasteiger charge is -2.02. The maximum Gasteiger partial charge on any atom is 0.188 e. The molecule has 0 aliphatic heterocycles. The molecule has 6 heteroatoms. The van der Waals surface area contributed by atoms with Crippen LogP contribution >= 0.6 is 38.9 Å². The molecule has 0 unspecified atom stereocenters. The molecule has 78 valence electrons. The number of thiazole rings is 1. The number of hydrogen-bond acceptors (Lipinski definition) is 3. The highest BCUT2D eigenvalue weighted by Crippen LogP contribution is 2.25. The first-order chi connectivity index (χ1) is 7.13. The Hall–Kier alpha value is -0.650. The summed E-state index contributed by atoms with van der Waals surface area (Å²) in [4.78, 5) is 4.12. The van der Waals surface area contributed by atoms with Crippen LogP contribution in [0.15, 0.2) is 28.2 Å². The number of benzene rings is 1. The Morgan fingerprint density at radius 3 is 2.80 bits per heavy atom. The molecule has 2 nitrogen and oxygen atoms in total. The molecule has 0 aliphatic carbocycles. The van der Waals surface area contributed by atoms with Crippen LogP contribution in [0.3, 0.4) is 0 Å². The maximum atomic E-state index is 13.0. The highest BCUT2D eigenvalue weighted by atomic mass is 79.9. The topological polar surface area (TPSA) is 24.9 Å². The van der Waals surface area contributed by atoms with Gasteiger partial charge in [-0.1, -0.05) is 11.6 Å². The quantitative estimate of drug-likeness (QED) is 0.887. The van der Waals surface area contributed by atoms with E-state index in [-0.39, 0.29) is 5.82 Å². The molecule has 1 aromatic heterocycles. The van der Waals surface area contributed by atoms with Gasteiger partial charge in [0.1, 0.15) is 10.4 Å². The summed E-state index contributed by atoms with van der Waals surface area (Å²) in [5.74, 6) is -0.374. The Morgan fingerprint density at radius 2 is 2.20 bits per heavy atom. The summed E-state index contributed by atoms with van der Waals surface area (Å²) in [5, 5.41) is 5.83. The van der Waals surface area contributed by atoms with Crippen molar-refractivity contribution >= 4 is 49.7 Å². The summed E-state index contributed by atoms with van der Waals surface area (Å²) in [5.41, 5.74) is 0.585. The Kier molecular flexibility index (Phi) is 3.23. The van der Waals surface area contributed by atoms with Gasteiger partial charge in [-0.15, -0.1) is 11.3 Å². The minimum Gasteiger partial charge on any atom is -0.331 e. The van der Waals surface area contributed by atoms with Crippen molar-refractivity contribution in [1.82, 2.24) is 4.98 Å². The van der Waals surface area contributed by atoms with E-state index in [0.717, 1.165) is 4.60 Å². The molecule has 2 rings (SSSR count). The molecular formula is C9H5BrClFN2S. The Balaban J connectivity index is 2.24. The van der Waals surface area contributed by atoms with Gasteiger partial charge >= 0.3 is 0 Å². The van der Waals surface area contributed by atoms with E-state index in [0.29, 0.717) is 15.8 Å². The predicted molar refractivity (Wildman–Crippen MR) is 64.5 cm³/mol. The maximum absolute atomic E-state index is 13.0. The smallest absolute Gasteiger partial charge is 0.188 e. The first kappa shape index (κ1) is 10.9. The van der Waals surface area contributed by atoms with E-state index in [9.17, 15) is 4.39 Å². The molecule has 0 aliphatic rings. The minimum absolute atomic E-state index is 0.355. The zero-order valence-electron chi connectivity index (χ0n) is 7.30. The molecule has 0 bridgehead atoms. The molecule has 0 fully saturated rings. The third-order valence-electron chi connectivity index (χ3n) is 1.59. The molecule has 0 saturated heterocycles. The second kappa shape index (κ2) is 4.47. The van der Waals surface area contributed by atoms with E-state index in [4.69, 9.17) is 11.6 Å². The van der Waals surface area contributed by atoms with Gasteiger partial charge in [-0.3, -0.25) is 0 Å². The lowest BCUT2D eigenvalue weighted by Crippen LogP contribution is -1.90. The van der Waals surface area contributed by atoms with Gasteiger partial charge in [-0.25, -0.2) is 9.37 Å². The van der Waals surface area contributed by atoms with Crippen LogP contribution in [0, 0.1) is 5.82 Å². The van der Waals surface area contributed by atoms with E-state index in [2.05, 4.69) is 26.2 Å².